The zero-order chi connectivity index (χ0) is 21.0. The molecular weight excluding hydrogens is 412 g/mol. The maximum absolute atomic E-state index is 12.7. The van der Waals surface area contributed by atoms with Gasteiger partial charge in [0.15, 0.2) is 15.0 Å². The summed E-state index contributed by atoms with van der Waals surface area (Å²) in [4.78, 5) is 29.6. The van der Waals surface area contributed by atoms with Crippen LogP contribution in [-0.4, -0.2) is 38.1 Å². The van der Waals surface area contributed by atoms with Crippen LogP contribution in [-0.2, 0) is 14.6 Å². The van der Waals surface area contributed by atoms with Gasteiger partial charge in [-0.25, -0.2) is 18.2 Å². The molecule has 9 heteroatoms. The summed E-state index contributed by atoms with van der Waals surface area (Å²) in [7, 11) is -3.59. The van der Waals surface area contributed by atoms with Gasteiger partial charge in [-0.1, -0.05) is 53.8 Å². The van der Waals surface area contributed by atoms with Crippen LogP contribution < -0.4 is 5.32 Å². The first kappa shape index (κ1) is 20.7. The molecule has 0 saturated carbocycles. The van der Waals surface area contributed by atoms with Crippen LogP contribution in [0.3, 0.4) is 0 Å². The molecule has 0 aliphatic rings. The highest BCUT2D eigenvalue weighted by atomic mass is 32.2. The van der Waals surface area contributed by atoms with Crippen molar-refractivity contribution in [2.24, 2.45) is 0 Å². The number of sulfone groups is 1. The Morgan fingerprint density at radius 1 is 1.07 bits per heavy atom. The number of rotatable bonds is 6. The number of amides is 1. The molecule has 0 spiro atoms. The molecule has 2 aromatic carbocycles. The molecule has 1 heterocycles. The maximum atomic E-state index is 12.7. The van der Waals surface area contributed by atoms with E-state index in [-0.39, 0.29) is 27.1 Å². The topological polar surface area (TPSA) is 102 Å². The second-order valence-electron chi connectivity index (χ2n) is 6.01. The Bertz CT molecular complexity index is 1150. The lowest BCUT2D eigenvalue weighted by Gasteiger charge is -2.06. The van der Waals surface area contributed by atoms with Crippen LogP contribution in [0.1, 0.15) is 27.0 Å². The van der Waals surface area contributed by atoms with Gasteiger partial charge in [0, 0.05) is 11.8 Å². The van der Waals surface area contributed by atoms with E-state index in [1.165, 1.54) is 12.1 Å². The number of nitrogens with zero attached hydrogens (tertiary/aromatic N) is 1. The highest BCUT2D eigenvalue weighted by Gasteiger charge is 2.23. The van der Waals surface area contributed by atoms with Gasteiger partial charge < -0.3 is 4.74 Å². The van der Waals surface area contributed by atoms with Gasteiger partial charge in [-0.15, -0.1) is 0 Å². The van der Waals surface area contributed by atoms with Gasteiger partial charge in [-0.05, 0) is 19.1 Å². The summed E-state index contributed by atoms with van der Waals surface area (Å²) in [5.74, 6) is -1.17. The Kier molecular flexibility index (Phi) is 6.09. The molecule has 7 nitrogen and oxygen atoms in total. The van der Waals surface area contributed by atoms with Crippen LogP contribution in [0.15, 0.2) is 59.5 Å². The summed E-state index contributed by atoms with van der Waals surface area (Å²) in [5, 5.41) is 2.76. The average Bonchev–Trinajstić information content (AvgIpc) is 3.12. The predicted molar refractivity (Wildman–Crippen MR) is 111 cm³/mol. The minimum Gasteiger partial charge on any atom is -0.462 e. The van der Waals surface area contributed by atoms with Gasteiger partial charge in [-0.2, -0.15) is 0 Å². The SMILES string of the molecule is CCOC(=O)c1sc(NC(=O)c2ccccc2S(C)(=O)=O)nc1-c1ccccc1. The highest BCUT2D eigenvalue weighted by Crippen LogP contribution is 2.32. The molecule has 3 rings (SSSR count). The lowest BCUT2D eigenvalue weighted by Crippen LogP contribution is -2.15. The Morgan fingerprint density at radius 3 is 2.38 bits per heavy atom. The molecule has 1 aromatic heterocycles. The first-order chi connectivity index (χ1) is 13.8. The molecule has 0 fully saturated rings. The predicted octanol–water partition coefficient (Wildman–Crippen LogP) is 3.64. The third-order valence-corrected chi connectivity index (χ3v) is 5.99. The number of ether oxygens (including phenoxy) is 1. The molecule has 3 aromatic rings. The second-order valence-corrected chi connectivity index (χ2v) is 8.99. The van der Waals surface area contributed by atoms with Crippen molar-refractivity contribution in [1.82, 2.24) is 4.98 Å². The maximum Gasteiger partial charge on any atom is 0.350 e. The molecule has 1 N–H and O–H groups in total. The Hall–Kier alpha value is -3.04. The van der Waals surface area contributed by atoms with E-state index in [4.69, 9.17) is 4.74 Å². The van der Waals surface area contributed by atoms with E-state index in [0.717, 1.165) is 17.6 Å². The van der Waals surface area contributed by atoms with Crippen molar-refractivity contribution in [1.29, 1.82) is 0 Å². The fourth-order valence-electron chi connectivity index (χ4n) is 2.64. The molecule has 0 radical (unpaired) electrons. The Labute approximate surface area is 172 Å². The van der Waals surface area contributed by atoms with Gasteiger partial charge >= 0.3 is 5.97 Å². The van der Waals surface area contributed by atoms with E-state index in [1.54, 1.807) is 31.2 Å². The average molecular weight is 431 g/mol. The third kappa shape index (κ3) is 4.69. The monoisotopic (exact) mass is 430 g/mol. The lowest BCUT2D eigenvalue weighted by atomic mass is 10.1. The molecule has 29 heavy (non-hydrogen) atoms. The highest BCUT2D eigenvalue weighted by molar-refractivity contribution is 7.90. The van der Waals surface area contributed by atoms with Crippen molar-refractivity contribution in [3.63, 3.8) is 0 Å². The standard InChI is InChI=1S/C20H18N2O5S2/c1-3-27-19(24)17-16(13-9-5-4-6-10-13)21-20(28-17)22-18(23)14-11-7-8-12-15(14)29(2,25)26/h4-12H,3H2,1-2H3,(H,21,22,23). The van der Waals surface area contributed by atoms with Crippen LogP contribution in [0.25, 0.3) is 11.3 Å². The van der Waals surface area contributed by atoms with Crippen molar-refractivity contribution in [2.75, 3.05) is 18.2 Å². The summed E-state index contributed by atoms with van der Waals surface area (Å²) < 4.78 is 29.0. The van der Waals surface area contributed by atoms with Crippen LogP contribution in [0.4, 0.5) is 5.13 Å². The Balaban J connectivity index is 1.99. The van der Waals surface area contributed by atoms with Crippen molar-refractivity contribution in [2.45, 2.75) is 11.8 Å². The summed E-state index contributed by atoms with van der Waals surface area (Å²) in [5.41, 5.74) is 1.09. The lowest BCUT2D eigenvalue weighted by molar-refractivity contribution is 0.0532. The summed E-state index contributed by atoms with van der Waals surface area (Å²) in [6, 6.07) is 15.0. The van der Waals surface area contributed by atoms with Crippen molar-refractivity contribution in [3.8, 4) is 11.3 Å². The number of esters is 1. The molecule has 0 bridgehead atoms. The van der Waals surface area contributed by atoms with E-state index in [9.17, 15) is 18.0 Å². The fourth-order valence-corrected chi connectivity index (χ4v) is 4.40. The minimum atomic E-state index is -3.59. The van der Waals surface area contributed by atoms with Crippen molar-refractivity contribution >= 4 is 38.2 Å². The third-order valence-electron chi connectivity index (χ3n) is 3.89. The van der Waals surface area contributed by atoms with Crippen molar-refractivity contribution in [3.05, 3.63) is 65.0 Å². The summed E-state index contributed by atoms with van der Waals surface area (Å²) in [6.07, 6.45) is 1.04. The number of carbonyl (C=O) groups is 2. The van der Waals surface area contributed by atoms with Gasteiger partial charge in [0.1, 0.15) is 4.88 Å². The van der Waals surface area contributed by atoms with E-state index in [1.807, 2.05) is 18.2 Å². The van der Waals surface area contributed by atoms with E-state index >= 15 is 0 Å². The number of aromatic nitrogens is 1. The molecule has 150 valence electrons. The van der Waals surface area contributed by atoms with Crippen LogP contribution in [0.5, 0.6) is 0 Å². The van der Waals surface area contributed by atoms with Gasteiger partial charge in [-0.3, -0.25) is 10.1 Å². The second kappa shape index (κ2) is 8.54. The van der Waals surface area contributed by atoms with Crippen LogP contribution >= 0.6 is 11.3 Å². The zero-order valence-corrected chi connectivity index (χ0v) is 17.3. The molecular formula is C20H18N2O5S2. The fraction of sp³-hybridized carbons (Fsp3) is 0.150. The smallest absolute Gasteiger partial charge is 0.350 e. The minimum absolute atomic E-state index is 0.00384. The van der Waals surface area contributed by atoms with Gasteiger partial charge in [0.05, 0.1) is 22.8 Å². The molecule has 0 aliphatic carbocycles. The molecule has 0 saturated heterocycles. The summed E-state index contributed by atoms with van der Waals surface area (Å²) >= 11 is 0.972. The number of thiazole rings is 1. The van der Waals surface area contributed by atoms with Gasteiger partial charge in [0.25, 0.3) is 5.91 Å². The number of carbonyl (C=O) groups excluding carboxylic acids is 2. The quantitative estimate of drug-likeness (QED) is 0.599. The van der Waals surface area contributed by atoms with Crippen molar-refractivity contribution < 1.29 is 22.7 Å². The molecule has 1 amide bonds. The van der Waals surface area contributed by atoms with E-state index in [0.29, 0.717) is 11.3 Å². The van der Waals surface area contributed by atoms with E-state index < -0.39 is 21.7 Å². The number of anilines is 1. The normalized spacial score (nSPS) is 11.1. The molecule has 0 aliphatic heterocycles. The molecule has 0 unspecified atom stereocenters. The largest absolute Gasteiger partial charge is 0.462 e. The van der Waals surface area contributed by atoms with Gasteiger partial charge in [0.2, 0.25) is 0 Å². The van der Waals surface area contributed by atoms with Crippen LogP contribution in [0, 0.1) is 0 Å². The first-order valence-corrected chi connectivity index (χ1v) is 11.4. The molecule has 0 atom stereocenters. The van der Waals surface area contributed by atoms with Crippen LogP contribution in [0.2, 0.25) is 0 Å². The number of benzene rings is 2. The first-order valence-electron chi connectivity index (χ1n) is 8.65. The summed E-state index contributed by atoms with van der Waals surface area (Å²) in [6.45, 7) is 1.90. The zero-order valence-electron chi connectivity index (χ0n) is 15.7. The number of hydrogen-bond donors (Lipinski definition) is 1. The Morgan fingerprint density at radius 2 is 1.72 bits per heavy atom. The number of hydrogen-bond acceptors (Lipinski definition) is 7. The number of nitrogens with one attached hydrogen (secondary N) is 1. The van der Waals surface area contributed by atoms with E-state index in [2.05, 4.69) is 10.3 Å².